The highest BCUT2D eigenvalue weighted by Gasteiger charge is 2.40. The number of carboxylic acid groups (broad SMARTS) is 2. The number of aliphatic carboxylic acids is 2. The summed E-state index contributed by atoms with van der Waals surface area (Å²) in [6, 6.07) is -1.10. The molecule has 7 nitrogen and oxygen atoms in total. The number of carboxylic acids is 2. The van der Waals surface area contributed by atoms with Crippen molar-refractivity contribution in [3.8, 4) is 0 Å². The molecule has 8 heteroatoms. The maximum absolute atomic E-state index is 10.8. The standard InChI is InChI=1S/C11H17NO6S/c12-7(10(16)17)5-19-8-3-6(13)1-2-11(8,18)4-9(14)15/h1-2,6-8,13,18H,3-5,12H2,(H,14,15)(H,16,17)/t6?,7-,8?,11?/m0/s1. The molecule has 0 amide bonds. The lowest BCUT2D eigenvalue weighted by Crippen LogP contribution is -2.46. The smallest absolute Gasteiger partial charge is 0.321 e. The van der Waals surface area contributed by atoms with Crippen LogP contribution in [0.2, 0.25) is 0 Å². The molecule has 1 aliphatic rings. The molecule has 0 radical (unpaired) electrons. The van der Waals surface area contributed by atoms with Gasteiger partial charge in [-0.2, -0.15) is 11.8 Å². The van der Waals surface area contributed by atoms with Gasteiger partial charge in [0, 0.05) is 11.0 Å². The van der Waals surface area contributed by atoms with Crippen LogP contribution in [0.15, 0.2) is 12.2 Å². The topological polar surface area (TPSA) is 141 Å². The molecule has 3 unspecified atom stereocenters. The molecule has 0 aliphatic heterocycles. The largest absolute Gasteiger partial charge is 0.481 e. The van der Waals surface area contributed by atoms with E-state index < -0.39 is 41.4 Å². The van der Waals surface area contributed by atoms with Crippen molar-refractivity contribution < 1.29 is 30.0 Å². The van der Waals surface area contributed by atoms with Crippen molar-refractivity contribution in [3.05, 3.63) is 12.2 Å². The molecule has 0 bridgehead atoms. The Labute approximate surface area is 114 Å². The van der Waals surface area contributed by atoms with Crippen LogP contribution in [0.1, 0.15) is 12.8 Å². The predicted octanol–water partition coefficient (Wildman–Crippen LogP) is -0.973. The number of thioether (sulfide) groups is 1. The molecule has 1 aliphatic carbocycles. The van der Waals surface area contributed by atoms with Crippen molar-refractivity contribution in [2.24, 2.45) is 5.73 Å². The average Bonchev–Trinajstić information content (AvgIpc) is 2.29. The van der Waals surface area contributed by atoms with Gasteiger partial charge in [-0.1, -0.05) is 12.2 Å². The van der Waals surface area contributed by atoms with Crippen LogP contribution >= 0.6 is 11.8 Å². The second-order valence-corrected chi connectivity index (χ2v) is 5.73. The summed E-state index contributed by atoms with van der Waals surface area (Å²) in [6.07, 6.45) is 1.47. The average molecular weight is 291 g/mol. The Morgan fingerprint density at radius 1 is 1.47 bits per heavy atom. The van der Waals surface area contributed by atoms with Crippen LogP contribution in [0, 0.1) is 0 Å². The Hall–Kier alpha value is -1.09. The predicted molar refractivity (Wildman–Crippen MR) is 68.8 cm³/mol. The molecule has 108 valence electrons. The van der Waals surface area contributed by atoms with E-state index in [-0.39, 0.29) is 12.2 Å². The van der Waals surface area contributed by atoms with Gasteiger partial charge in [0.25, 0.3) is 0 Å². The third-order valence-electron chi connectivity index (χ3n) is 2.85. The number of nitrogens with two attached hydrogens (primary N) is 1. The quantitative estimate of drug-likeness (QED) is 0.393. The van der Waals surface area contributed by atoms with E-state index in [1.165, 1.54) is 12.2 Å². The minimum atomic E-state index is -1.60. The fourth-order valence-corrected chi connectivity index (χ4v) is 3.17. The van der Waals surface area contributed by atoms with Gasteiger partial charge in [-0.05, 0) is 6.42 Å². The molecule has 4 atom stereocenters. The van der Waals surface area contributed by atoms with Gasteiger partial charge in [-0.3, -0.25) is 9.59 Å². The lowest BCUT2D eigenvalue weighted by atomic mass is 9.86. The number of aliphatic hydroxyl groups is 2. The summed E-state index contributed by atoms with van der Waals surface area (Å²) in [5.41, 5.74) is 3.76. The van der Waals surface area contributed by atoms with E-state index in [4.69, 9.17) is 15.9 Å². The van der Waals surface area contributed by atoms with Crippen LogP contribution in [0.3, 0.4) is 0 Å². The monoisotopic (exact) mass is 291 g/mol. The molecule has 6 N–H and O–H groups in total. The first-order valence-electron chi connectivity index (χ1n) is 5.66. The first-order chi connectivity index (χ1) is 8.74. The minimum Gasteiger partial charge on any atom is -0.481 e. The zero-order valence-electron chi connectivity index (χ0n) is 10.1. The third-order valence-corrected chi connectivity index (χ3v) is 4.40. The van der Waals surface area contributed by atoms with Gasteiger partial charge < -0.3 is 26.2 Å². The Morgan fingerprint density at radius 2 is 2.11 bits per heavy atom. The van der Waals surface area contributed by atoms with E-state index >= 15 is 0 Å². The van der Waals surface area contributed by atoms with E-state index in [9.17, 15) is 19.8 Å². The SMILES string of the molecule is N[C@@H](CSC1CC(O)C=CC1(O)CC(=O)O)C(=O)O. The summed E-state index contributed by atoms with van der Waals surface area (Å²) >= 11 is 1.06. The van der Waals surface area contributed by atoms with Crippen LogP contribution < -0.4 is 5.73 Å². The number of carbonyl (C=O) groups is 2. The van der Waals surface area contributed by atoms with Gasteiger partial charge >= 0.3 is 11.9 Å². The van der Waals surface area contributed by atoms with Crippen molar-refractivity contribution in [3.63, 3.8) is 0 Å². The van der Waals surface area contributed by atoms with E-state index in [1.807, 2.05) is 0 Å². The summed E-state index contributed by atoms with van der Waals surface area (Å²) in [5.74, 6) is -2.31. The molecule has 1 rings (SSSR count). The van der Waals surface area contributed by atoms with Gasteiger partial charge in [0.15, 0.2) is 0 Å². The number of rotatable bonds is 6. The van der Waals surface area contributed by atoms with Crippen LogP contribution in [0.25, 0.3) is 0 Å². The van der Waals surface area contributed by atoms with Crippen molar-refractivity contribution in [2.45, 2.75) is 35.8 Å². The lowest BCUT2D eigenvalue weighted by molar-refractivity contribution is -0.141. The fraction of sp³-hybridized carbons (Fsp3) is 0.636. The molecular formula is C11H17NO6S. The molecule has 19 heavy (non-hydrogen) atoms. The number of aliphatic hydroxyl groups excluding tert-OH is 1. The number of hydrogen-bond acceptors (Lipinski definition) is 6. The van der Waals surface area contributed by atoms with Crippen molar-refractivity contribution in [1.82, 2.24) is 0 Å². The minimum absolute atomic E-state index is 0.0302. The second-order valence-electron chi connectivity index (χ2n) is 4.49. The zero-order valence-corrected chi connectivity index (χ0v) is 10.9. The summed E-state index contributed by atoms with van der Waals surface area (Å²) in [4.78, 5) is 21.4. The van der Waals surface area contributed by atoms with Crippen LogP contribution in [0.4, 0.5) is 0 Å². The molecule has 0 aromatic heterocycles. The Bertz CT molecular complexity index is 387. The third kappa shape index (κ3) is 4.50. The molecule has 0 spiro atoms. The molecule has 0 aromatic rings. The van der Waals surface area contributed by atoms with Gasteiger partial charge in [0.2, 0.25) is 0 Å². The van der Waals surface area contributed by atoms with Crippen molar-refractivity contribution >= 4 is 23.7 Å². The van der Waals surface area contributed by atoms with Gasteiger partial charge in [-0.25, -0.2) is 0 Å². The van der Waals surface area contributed by atoms with Crippen LogP contribution in [0.5, 0.6) is 0 Å². The van der Waals surface area contributed by atoms with E-state index in [0.717, 1.165) is 11.8 Å². The molecule has 0 fully saturated rings. The Kier molecular flexibility index (Phi) is 5.36. The van der Waals surface area contributed by atoms with E-state index in [2.05, 4.69) is 0 Å². The van der Waals surface area contributed by atoms with Crippen LogP contribution in [-0.2, 0) is 9.59 Å². The van der Waals surface area contributed by atoms with Crippen molar-refractivity contribution in [1.29, 1.82) is 0 Å². The molecular weight excluding hydrogens is 274 g/mol. The zero-order chi connectivity index (χ0) is 14.6. The van der Waals surface area contributed by atoms with Gasteiger partial charge in [-0.15, -0.1) is 0 Å². The van der Waals surface area contributed by atoms with E-state index in [0.29, 0.717) is 0 Å². The van der Waals surface area contributed by atoms with Crippen molar-refractivity contribution in [2.75, 3.05) is 5.75 Å². The highest BCUT2D eigenvalue weighted by Crippen LogP contribution is 2.35. The van der Waals surface area contributed by atoms with Gasteiger partial charge in [0.05, 0.1) is 12.5 Å². The van der Waals surface area contributed by atoms with Crippen LogP contribution in [-0.4, -0.2) is 61.1 Å². The maximum atomic E-state index is 10.8. The maximum Gasteiger partial charge on any atom is 0.321 e. The molecule has 0 saturated carbocycles. The fourth-order valence-electron chi connectivity index (χ4n) is 1.81. The second kappa shape index (κ2) is 6.38. The first-order valence-corrected chi connectivity index (χ1v) is 6.71. The Balaban J connectivity index is 2.73. The Morgan fingerprint density at radius 3 is 2.63 bits per heavy atom. The highest BCUT2D eigenvalue weighted by atomic mass is 32.2. The summed E-state index contributed by atoms with van der Waals surface area (Å²) in [7, 11) is 0. The highest BCUT2D eigenvalue weighted by molar-refractivity contribution is 8.00. The van der Waals surface area contributed by atoms with E-state index in [1.54, 1.807) is 0 Å². The normalized spacial score (nSPS) is 31.9. The lowest BCUT2D eigenvalue weighted by Gasteiger charge is -2.36. The summed E-state index contributed by atoms with van der Waals surface area (Å²) < 4.78 is 0. The summed E-state index contributed by atoms with van der Waals surface area (Å²) in [6.45, 7) is 0. The first kappa shape index (κ1) is 16.0. The molecule has 0 aromatic carbocycles. The van der Waals surface area contributed by atoms with Gasteiger partial charge in [0.1, 0.15) is 11.6 Å². The molecule has 0 saturated heterocycles. The molecule has 0 heterocycles. The number of hydrogen-bond donors (Lipinski definition) is 5. The summed E-state index contributed by atoms with van der Waals surface area (Å²) in [5, 5.41) is 36.7.